The highest BCUT2D eigenvalue weighted by atomic mass is 35.5. The highest BCUT2D eigenvalue weighted by Crippen LogP contribution is 2.31. The molecule has 0 atom stereocenters. The van der Waals surface area contributed by atoms with Gasteiger partial charge in [-0.2, -0.15) is 0 Å². The highest BCUT2D eigenvalue weighted by Gasteiger charge is 2.26. The molecule has 0 aromatic carbocycles. The summed E-state index contributed by atoms with van der Waals surface area (Å²) in [6.07, 6.45) is 5.39. The Bertz CT molecular complexity index is 708. The summed E-state index contributed by atoms with van der Waals surface area (Å²) in [4.78, 5) is 21.7. The minimum Gasteiger partial charge on any atom is -0.481 e. The molecule has 122 valence electrons. The van der Waals surface area contributed by atoms with Gasteiger partial charge in [0.25, 0.3) is 0 Å². The molecule has 1 fully saturated rings. The number of hydrogen-bond donors (Lipinski definition) is 1. The summed E-state index contributed by atoms with van der Waals surface area (Å²) in [5, 5.41) is 9.58. The van der Waals surface area contributed by atoms with Gasteiger partial charge in [0.1, 0.15) is 11.6 Å². The lowest BCUT2D eigenvalue weighted by molar-refractivity contribution is -0.142. The molecular weight excluding hydrogens is 318 g/mol. The molecule has 6 nitrogen and oxygen atoms in total. The van der Waals surface area contributed by atoms with E-state index < -0.39 is 5.97 Å². The quantitative estimate of drug-likeness (QED) is 0.923. The summed E-state index contributed by atoms with van der Waals surface area (Å²) < 4.78 is 5.61. The number of aryl methyl sites for hydroxylation is 1. The standard InChI is InChI=1S/C16H18ClN3O3/c1-2-12-9-19-15(23-12)11-7-13(17)14(18-8-11)20-5-3-10(4-6-20)16(21)22/h7-10H,2-6H2,1H3,(H,21,22). The van der Waals surface area contributed by atoms with Crippen LogP contribution >= 0.6 is 11.6 Å². The zero-order valence-electron chi connectivity index (χ0n) is 12.8. The third kappa shape index (κ3) is 3.32. The van der Waals surface area contributed by atoms with Crippen LogP contribution in [0.3, 0.4) is 0 Å². The molecule has 23 heavy (non-hydrogen) atoms. The van der Waals surface area contributed by atoms with Crippen LogP contribution in [0.4, 0.5) is 5.82 Å². The largest absolute Gasteiger partial charge is 0.481 e. The van der Waals surface area contributed by atoms with Gasteiger partial charge in [-0.1, -0.05) is 18.5 Å². The third-order valence-electron chi connectivity index (χ3n) is 4.11. The maximum Gasteiger partial charge on any atom is 0.306 e. The second kappa shape index (κ2) is 6.58. The molecule has 1 aliphatic heterocycles. The van der Waals surface area contributed by atoms with E-state index in [2.05, 4.69) is 9.97 Å². The molecule has 1 N–H and O–H groups in total. The minimum absolute atomic E-state index is 0.274. The van der Waals surface area contributed by atoms with Crippen molar-refractivity contribution < 1.29 is 14.3 Å². The topological polar surface area (TPSA) is 79.5 Å². The first-order valence-electron chi connectivity index (χ1n) is 7.67. The SMILES string of the molecule is CCc1cnc(-c2cnc(N3CCC(C(=O)O)CC3)c(Cl)c2)o1. The predicted molar refractivity (Wildman–Crippen MR) is 86.7 cm³/mol. The summed E-state index contributed by atoms with van der Waals surface area (Å²) in [5.74, 6) is 1.00. The average Bonchev–Trinajstić information content (AvgIpc) is 3.04. The maximum atomic E-state index is 11.0. The van der Waals surface area contributed by atoms with Crippen molar-refractivity contribution in [1.82, 2.24) is 9.97 Å². The molecule has 2 aromatic rings. The van der Waals surface area contributed by atoms with E-state index >= 15 is 0 Å². The van der Waals surface area contributed by atoms with Crippen LogP contribution in [-0.2, 0) is 11.2 Å². The van der Waals surface area contributed by atoms with Gasteiger partial charge in [-0.3, -0.25) is 4.79 Å². The van der Waals surface area contributed by atoms with Gasteiger partial charge in [0.05, 0.1) is 22.7 Å². The van der Waals surface area contributed by atoms with E-state index in [-0.39, 0.29) is 5.92 Å². The van der Waals surface area contributed by atoms with E-state index in [1.54, 1.807) is 18.5 Å². The number of nitrogens with zero attached hydrogens (tertiary/aromatic N) is 3. The van der Waals surface area contributed by atoms with Crippen molar-refractivity contribution >= 4 is 23.4 Å². The number of halogens is 1. The van der Waals surface area contributed by atoms with Gasteiger partial charge in [0.15, 0.2) is 0 Å². The van der Waals surface area contributed by atoms with Gasteiger partial charge in [-0.15, -0.1) is 0 Å². The van der Waals surface area contributed by atoms with Crippen LogP contribution < -0.4 is 4.90 Å². The van der Waals surface area contributed by atoms with E-state index in [0.717, 1.165) is 17.7 Å². The molecule has 3 heterocycles. The van der Waals surface area contributed by atoms with Gasteiger partial charge in [-0.05, 0) is 18.9 Å². The number of pyridine rings is 1. The van der Waals surface area contributed by atoms with E-state index in [1.807, 2.05) is 11.8 Å². The van der Waals surface area contributed by atoms with Gasteiger partial charge in [0, 0.05) is 25.7 Å². The average molecular weight is 336 g/mol. The number of aromatic nitrogens is 2. The summed E-state index contributed by atoms with van der Waals surface area (Å²) in [6, 6.07) is 1.79. The Hall–Kier alpha value is -2.08. The molecular formula is C16H18ClN3O3. The lowest BCUT2D eigenvalue weighted by atomic mass is 9.97. The van der Waals surface area contributed by atoms with Crippen LogP contribution in [0, 0.1) is 5.92 Å². The van der Waals surface area contributed by atoms with Crippen LogP contribution in [0.2, 0.25) is 5.02 Å². The Morgan fingerprint density at radius 1 is 1.39 bits per heavy atom. The van der Waals surface area contributed by atoms with Crippen molar-refractivity contribution in [3.8, 4) is 11.5 Å². The summed E-state index contributed by atoms with van der Waals surface area (Å²) >= 11 is 6.36. The molecule has 2 aromatic heterocycles. The molecule has 0 saturated carbocycles. The van der Waals surface area contributed by atoms with Gasteiger partial charge in [-0.25, -0.2) is 9.97 Å². The van der Waals surface area contributed by atoms with Crippen LogP contribution in [0.5, 0.6) is 0 Å². The first kappa shape index (κ1) is 15.8. The fourth-order valence-corrected chi connectivity index (χ4v) is 3.01. The van der Waals surface area contributed by atoms with E-state index in [1.165, 1.54) is 0 Å². The highest BCUT2D eigenvalue weighted by molar-refractivity contribution is 6.33. The van der Waals surface area contributed by atoms with Crippen molar-refractivity contribution in [2.24, 2.45) is 5.92 Å². The number of rotatable bonds is 4. The van der Waals surface area contributed by atoms with E-state index in [4.69, 9.17) is 21.1 Å². The molecule has 0 bridgehead atoms. The first-order valence-corrected chi connectivity index (χ1v) is 8.04. The Kier molecular flexibility index (Phi) is 4.52. The molecule has 0 amide bonds. The first-order chi connectivity index (χ1) is 11.1. The molecule has 3 rings (SSSR count). The second-order valence-corrected chi connectivity index (χ2v) is 6.02. The number of anilines is 1. The lowest BCUT2D eigenvalue weighted by Gasteiger charge is -2.31. The molecule has 7 heteroatoms. The number of carbonyl (C=O) groups is 1. The Balaban J connectivity index is 1.76. The number of piperidine rings is 1. The normalized spacial score (nSPS) is 15.8. The van der Waals surface area contributed by atoms with Crippen molar-refractivity contribution in [3.05, 3.63) is 29.2 Å². The molecule has 1 saturated heterocycles. The van der Waals surface area contributed by atoms with Crippen LogP contribution in [0.25, 0.3) is 11.5 Å². The smallest absolute Gasteiger partial charge is 0.306 e. The van der Waals surface area contributed by atoms with Gasteiger partial charge < -0.3 is 14.4 Å². The van der Waals surface area contributed by atoms with Crippen molar-refractivity contribution in [2.75, 3.05) is 18.0 Å². The van der Waals surface area contributed by atoms with Crippen LogP contribution in [0.1, 0.15) is 25.5 Å². The summed E-state index contributed by atoms with van der Waals surface area (Å²) in [5.41, 5.74) is 0.735. The predicted octanol–water partition coefficient (Wildman–Crippen LogP) is 3.25. The Morgan fingerprint density at radius 2 is 2.13 bits per heavy atom. The summed E-state index contributed by atoms with van der Waals surface area (Å²) in [6.45, 7) is 3.28. The van der Waals surface area contributed by atoms with Gasteiger partial charge in [0.2, 0.25) is 5.89 Å². The molecule has 0 spiro atoms. The van der Waals surface area contributed by atoms with E-state index in [0.29, 0.717) is 42.7 Å². The van der Waals surface area contributed by atoms with Gasteiger partial charge >= 0.3 is 5.97 Å². The fourth-order valence-electron chi connectivity index (χ4n) is 2.72. The summed E-state index contributed by atoms with van der Waals surface area (Å²) in [7, 11) is 0. The number of aliphatic carboxylic acids is 1. The Labute approximate surface area is 139 Å². The van der Waals surface area contributed by atoms with Crippen LogP contribution in [0.15, 0.2) is 22.9 Å². The monoisotopic (exact) mass is 335 g/mol. The van der Waals surface area contributed by atoms with Crippen molar-refractivity contribution in [3.63, 3.8) is 0 Å². The van der Waals surface area contributed by atoms with Crippen LogP contribution in [-0.4, -0.2) is 34.1 Å². The second-order valence-electron chi connectivity index (χ2n) is 5.61. The zero-order chi connectivity index (χ0) is 16.4. The van der Waals surface area contributed by atoms with Crippen molar-refractivity contribution in [2.45, 2.75) is 26.2 Å². The molecule has 1 aliphatic rings. The number of carboxylic acids is 1. The number of carboxylic acid groups (broad SMARTS) is 1. The fraction of sp³-hybridized carbons (Fsp3) is 0.438. The number of oxazole rings is 1. The minimum atomic E-state index is -0.727. The number of hydrogen-bond acceptors (Lipinski definition) is 5. The zero-order valence-corrected chi connectivity index (χ0v) is 13.6. The lowest BCUT2D eigenvalue weighted by Crippen LogP contribution is -2.36. The third-order valence-corrected chi connectivity index (χ3v) is 4.39. The Morgan fingerprint density at radius 3 is 2.70 bits per heavy atom. The van der Waals surface area contributed by atoms with E-state index in [9.17, 15) is 4.79 Å². The molecule has 0 aliphatic carbocycles. The van der Waals surface area contributed by atoms with Crippen molar-refractivity contribution in [1.29, 1.82) is 0 Å². The molecule has 0 unspecified atom stereocenters. The maximum absolute atomic E-state index is 11.0. The molecule has 0 radical (unpaired) electrons.